The molecule has 1 amide bonds. The second kappa shape index (κ2) is 10.3. The second-order valence-corrected chi connectivity index (χ2v) is 9.58. The molecule has 3 aromatic rings. The molecule has 0 unspecified atom stereocenters. The molecule has 156 valence electrons. The van der Waals surface area contributed by atoms with Gasteiger partial charge in [-0.3, -0.25) is 9.52 Å². The summed E-state index contributed by atoms with van der Waals surface area (Å²) in [7, 11) is -3.71. The number of hydrogen-bond donors (Lipinski definition) is 2. The lowest BCUT2D eigenvalue weighted by Crippen LogP contribution is -2.26. The van der Waals surface area contributed by atoms with Crippen LogP contribution in [-0.4, -0.2) is 26.6 Å². The Morgan fingerprint density at radius 1 is 0.933 bits per heavy atom. The zero-order valence-corrected chi connectivity index (χ0v) is 18.3. The Balaban J connectivity index is 1.52. The Hall–Kier alpha value is -2.77. The summed E-state index contributed by atoms with van der Waals surface area (Å²) in [5.74, 6) is 1.46. The summed E-state index contributed by atoms with van der Waals surface area (Å²) in [4.78, 5) is 12.6. The van der Waals surface area contributed by atoms with E-state index in [2.05, 4.69) is 22.2 Å². The van der Waals surface area contributed by atoms with Gasteiger partial charge in [0.25, 0.3) is 15.9 Å². The third kappa shape index (κ3) is 6.37. The molecule has 2 N–H and O–H groups in total. The van der Waals surface area contributed by atoms with Gasteiger partial charge in [-0.2, -0.15) is 11.8 Å². The summed E-state index contributed by atoms with van der Waals surface area (Å²) in [6, 6.07) is 23.3. The fourth-order valence-corrected chi connectivity index (χ4v) is 4.63. The van der Waals surface area contributed by atoms with Crippen molar-refractivity contribution in [3.05, 3.63) is 95.6 Å². The Morgan fingerprint density at radius 2 is 1.67 bits per heavy atom. The number of hydrogen-bond acceptors (Lipinski definition) is 4. The van der Waals surface area contributed by atoms with Gasteiger partial charge in [0, 0.05) is 29.3 Å². The molecule has 0 fully saturated rings. The van der Waals surface area contributed by atoms with Crippen molar-refractivity contribution in [2.24, 2.45) is 0 Å². The highest BCUT2D eigenvalue weighted by atomic mass is 32.2. The van der Waals surface area contributed by atoms with Crippen LogP contribution in [0.25, 0.3) is 0 Å². The van der Waals surface area contributed by atoms with Crippen molar-refractivity contribution in [3.63, 3.8) is 0 Å². The monoisotopic (exact) mass is 440 g/mol. The topological polar surface area (TPSA) is 75.3 Å². The van der Waals surface area contributed by atoms with E-state index in [1.807, 2.05) is 25.1 Å². The summed E-state index contributed by atoms with van der Waals surface area (Å²) >= 11 is 1.75. The van der Waals surface area contributed by atoms with Crippen molar-refractivity contribution < 1.29 is 13.2 Å². The highest BCUT2D eigenvalue weighted by Gasteiger charge is 2.15. The molecule has 0 aliphatic heterocycles. The lowest BCUT2D eigenvalue weighted by molar-refractivity contribution is 0.0956. The van der Waals surface area contributed by atoms with Crippen molar-refractivity contribution in [1.82, 2.24) is 5.32 Å². The van der Waals surface area contributed by atoms with Gasteiger partial charge in [-0.1, -0.05) is 54.1 Å². The molecule has 0 bridgehead atoms. The van der Waals surface area contributed by atoms with Gasteiger partial charge in [0.2, 0.25) is 0 Å². The molecule has 0 atom stereocenters. The molecule has 3 rings (SSSR count). The lowest BCUT2D eigenvalue weighted by Gasteiger charge is -2.10. The first-order valence-electron chi connectivity index (χ1n) is 9.53. The van der Waals surface area contributed by atoms with Gasteiger partial charge in [-0.15, -0.1) is 0 Å². The molecule has 0 heterocycles. The SMILES string of the molecule is Cc1ccc(S(=O)(=O)Nc2cccc(C(=O)NCCSCc3ccccc3)c2)cc1. The molecular formula is C23H24N2O3S2. The number of aryl methyl sites for hydroxylation is 1. The zero-order chi connectivity index (χ0) is 21.4. The average molecular weight is 441 g/mol. The number of amides is 1. The van der Waals surface area contributed by atoms with Crippen LogP contribution >= 0.6 is 11.8 Å². The maximum atomic E-state index is 12.5. The van der Waals surface area contributed by atoms with Crippen LogP contribution in [0.3, 0.4) is 0 Å². The number of carbonyl (C=O) groups excluding carboxylic acids is 1. The van der Waals surface area contributed by atoms with Crippen molar-refractivity contribution in [2.75, 3.05) is 17.0 Å². The van der Waals surface area contributed by atoms with Crippen LogP contribution in [0.15, 0.2) is 83.8 Å². The van der Waals surface area contributed by atoms with Crippen molar-refractivity contribution in [3.8, 4) is 0 Å². The Bertz CT molecular complexity index is 1080. The maximum Gasteiger partial charge on any atom is 0.261 e. The molecule has 0 aromatic heterocycles. The molecule has 3 aromatic carbocycles. The Kier molecular flexibility index (Phi) is 7.54. The van der Waals surface area contributed by atoms with Crippen LogP contribution in [0.4, 0.5) is 5.69 Å². The molecule has 0 saturated heterocycles. The van der Waals surface area contributed by atoms with E-state index in [9.17, 15) is 13.2 Å². The van der Waals surface area contributed by atoms with Gasteiger partial charge in [0.1, 0.15) is 0 Å². The summed E-state index contributed by atoms with van der Waals surface area (Å²) < 4.78 is 27.6. The van der Waals surface area contributed by atoms with Gasteiger partial charge >= 0.3 is 0 Å². The number of rotatable bonds is 9. The van der Waals surface area contributed by atoms with Crippen molar-refractivity contribution in [2.45, 2.75) is 17.6 Å². The summed E-state index contributed by atoms with van der Waals surface area (Å²) in [5.41, 5.74) is 2.99. The largest absolute Gasteiger partial charge is 0.351 e. The van der Waals surface area contributed by atoms with Crippen LogP contribution in [0.1, 0.15) is 21.5 Å². The van der Waals surface area contributed by atoms with Crippen molar-refractivity contribution in [1.29, 1.82) is 0 Å². The Morgan fingerprint density at radius 3 is 2.40 bits per heavy atom. The van der Waals surface area contributed by atoms with Gasteiger partial charge in [-0.25, -0.2) is 8.42 Å². The molecule has 0 saturated carbocycles. The first-order valence-corrected chi connectivity index (χ1v) is 12.2. The summed E-state index contributed by atoms with van der Waals surface area (Å²) in [5, 5.41) is 2.88. The third-order valence-electron chi connectivity index (χ3n) is 4.35. The van der Waals surface area contributed by atoms with E-state index in [4.69, 9.17) is 0 Å². The first-order chi connectivity index (χ1) is 14.4. The van der Waals surface area contributed by atoms with Gasteiger partial charge in [-0.05, 0) is 42.8 Å². The summed E-state index contributed by atoms with van der Waals surface area (Å²) in [6.07, 6.45) is 0. The fraction of sp³-hybridized carbons (Fsp3) is 0.174. The summed E-state index contributed by atoms with van der Waals surface area (Å²) in [6.45, 7) is 2.43. The molecule has 0 aliphatic rings. The van der Waals surface area contributed by atoms with E-state index in [-0.39, 0.29) is 10.8 Å². The van der Waals surface area contributed by atoms with Crippen LogP contribution in [0.5, 0.6) is 0 Å². The molecule has 0 spiro atoms. The smallest absolute Gasteiger partial charge is 0.261 e. The van der Waals surface area contributed by atoms with Crippen LogP contribution in [-0.2, 0) is 15.8 Å². The average Bonchev–Trinajstić information content (AvgIpc) is 2.74. The lowest BCUT2D eigenvalue weighted by atomic mass is 10.2. The normalized spacial score (nSPS) is 11.1. The molecule has 30 heavy (non-hydrogen) atoms. The third-order valence-corrected chi connectivity index (χ3v) is 6.78. The minimum Gasteiger partial charge on any atom is -0.351 e. The number of nitrogens with one attached hydrogen (secondary N) is 2. The van der Waals surface area contributed by atoms with Gasteiger partial charge in [0.15, 0.2) is 0 Å². The molecule has 0 radical (unpaired) electrons. The van der Waals surface area contributed by atoms with E-state index in [0.717, 1.165) is 17.1 Å². The van der Waals surface area contributed by atoms with E-state index < -0.39 is 10.0 Å². The second-order valence-electron chi connectivity index (χ2n) is 6.79. The number of sulfonamides is 1. The van der Waals surface area contributed by atoms with Crippen molar-refractivity contribution >= 4 is 33.4 Å². The predicted octanol–water partition coefficient (Wildman–Crippen LogP) is 4.46. The minimum absolute atomic E-state index is 0.179. The highest BCUT2D eigenvalue weighted by Crippen LogP contribution is 2.18. The van der Waals surface area contributed by atoms with E-state index in [1.165, 1.54) is 11.6 Å². The zero-order valence-electron chi connectivity index (χ0n) is 16.7. The number of carbonyl (C=O) groups is 1. The number of anilines is 1. The first kappa shape index (κ1) is 21.9. The molecular weight excluding hydrogens is 416 g/mol. The quantitative estimate of drug-likeness (QED) is 0.482. The molecule has 5 nitrogen and oxygen atoms in total. The van der Waals surface area contributed by atoms with Crippen LogP contribution in [0, 0.1) is 6.92 Å². The van der Waals surface area contributed by atoms with E-state index in [0.29, 0.717) is 17.8 Å². The predicted molar refractivity (Wildman–Crippen MR) is 123 cm³/mol. The van der Waals surface area contributed by atoms with Gasteiger partial charge < -0.3 is 5.32 Å². The standard InChI is InChI=1S/C23H24N2O3S2/c1-18-10-12-22(13-11-18)30(27,28)25-21-9-5-8-20(16-21)23(26)24-14-15-29-17-19-6-3-2-4-7-19/h2-13,16,25H,14-15,17H2,1H3,(H,24,26). The number of benzene rings is 3. The van der Waals surface area contributed by atoms with Crippen LogP contribution in [0.2, 0.25) is 0 Å². The van der Waals surface area contributed by atoms with Gasteiger partial charge in [0.05, 0.1) is 4.90 Å². The fourth-order valence-electron chi connectivity index (χ4n) is 2.76. The van der Waals surface area contributed by atoms with E-state index in [1.54, 1.807) is 54.2 Å². The molecule has 0 aliphatic carbocycles. The number of thioether (sulfide) groups is 1. The van der Waals surface area contributed by atoms with E-state index >= 15 is 0 Å². The maximum absolute atomic E-state index is 12.5. The Labute approximate surface area is 182 Å². The highest BCUT2D eigenvalue weighted by molar-refractivity contribution is 7.98. The minimum atomic E-state index is -3.71. The van der Waals surface area contributed by atoms with Crippen LogP contribution < -0.4 is 10.0 Å². The molecule has 7 heteroatoms.